The van der Waals surface area contributed by atoms with Crippen molar-refractivity contribution in [1.29, 1.82) is 0 Å². The molecular formula is C7H11NP2. The molecule has 0 saturated heterocycles. The summed E-state index contributed by atoms with van der Waals surface area (Å²) >= 11 is 0. The van der Waals surface area contributed by atoms with Crippen molar-refractivity contribution < 1.29 is 0 Å². The zero-order chi connectivity index (χ0) is 6.81. The first-order valence-electron chi connectivity index (χ1n) is 3.82. The maximum Gasteiger partial charge on any atom is 0.0394 e. The van der Waals surface area contributed by atoms with Crippen LogP contribution in [0.15, 0.2) is 6.20 Å². The fourth-order valence-corrected chi connectivity index (χ4v) is 4.08. The van der Waals surface area contributed by atoms with Crippen LogP contribution in [0.3, 0.4) is 0 Å². The molecular weight excluding hydrogens is 160 g/mol. The molecule has 10 heavy (non-hydrogen) atoms. The maximum absolute atomic E-state index is 4.26. The minimum Gasteiger partial charge on any atom is -0.244 e. The van der Waals surface area contributed by atoms with Crippen molar-refractivity contribution in [2.75, 3.05) is 0 Å². The lowest BCUT2D eigenvalue weighted by atomic mass is 10.1. The van der Waals surface area contributed by atoms with Crippen molar-refractivity contribution in [2.45, 2.75) is 31.6 Å². The molecule has 0 spiro atoms. The lowest BCUT2D eigenvalue weighted by Crippen LogP contribution is -1.85. The molecule has 0 bridgehead atoms. The highest BCUT2D eigenvalue weighted by Gasteiger charge is 2.17. The second-order valence-corrected chi connectivity index (χ2v) is 5.35. The number of hydrogen-bond acceptors (Lipinski definition) is 1. The fraction of sp³-hybridized carbons (Fsp3) is 0.714. The molecule has 1 atom stereocenters. The number of rotatable bonds is 1. The normalized spacial score (nSPS) is 21.6. The van der Waals surface area contributed by atoms with E-state index in [2.05, 4.69) is 10.9 Å². The molecule has 1 saturated carbocycles. The summed E-state index contributed by atoms with van der Waals surface area (Å²) in [6, 6.07) is 0. The lowest BCUT2D eigenvalue weighted by molar-refractivity contribution is 0.736. The number of aromatic nitrogens is 1. The van der Waals surface area contributed by atoms with Crippen LogP contribution in [-0.2, 0) is 0 Å². The summed E-state index contributed by atoms with van der Waals surface area (Å²) in [6.07, 6.45) is 7.87. The molecule has 3 heteroatoms. The Kier molecular flexibility index (Phi) is 2.07. The standard InChI is InChI=1S/C7H11NP2/c1-2-4-6(3-1)7-5-8-10-9-7/h5-6,10H,1-4H2. The second kappa shape index (κ2) is 3.03. The molecule has 2 rings (SSSR count). The van der Waals surface area contributed by atoms with E-state index < -0.39 is 0 Å². The molecule has 54 valence electrons. The van der Waals surface area contributed by atoms with Crippen molar-refractivity contribution in [1.82, 2.24) is 4.75 Å². The zero-order valence-electron chi connectivity index (χ0n) is 5.88. The van der Waals surface area contributed by atoms with Crippen molar-refractivity contribution in [2.24, 2.45) is 0 Å². The summed E-state index contributed by atoms with van der Waals surface area (Å²) in [5, 5.41) is 1.62. The van der Waals surface area contributed by atoms with Crippen LogP contribution in [0, 0.1) is 0 Å². The van der Waals surface area contributed by atoms with Crippen molar-refractivity contribution >= 4 is 15.9 Å². The van der Waals surface area contributed by atoms with E-state index in [0.29, 0.717) is 0 Å². The van der Waals surface area contributed by atoms with Crippen LogP contribution in [0.1, 0.15) is 36.9 Å². The van der Waals surface area contributed by atoms with Crippen LogP contribution in [0.2, 0.25) is 0 Å². The molecule has 1 fully saturated rings. The van der Waals surface area contributed by atoms with E-state index in [1.807, 2.05) is 0 Å². The van der Waals surface area contributed by atoms with E-state index in [-0.39, 0.29) is 0 Å². The van der Waals surface area contributed by atoms with Crippen LogP contribution < -0.4 is 0 Å². The van der Waals surface area contributed by atoms with Crippen LogP contribution in [0.5, 0.6) is 0 Å². The molecule has 1 aliphatic carbocycles. The quantitative estimate of drug-likeness (QED) is 0.631. The molecule has 1 heterocycles. The third-order valence-electron chi connectivity index (χ3n) is 2.21. The Balaban J connectivity index is 2.12. The minimum absolute atomic E-state index is 0.820. The van der Waals surface area contributed by atoms with Gasteiger partial charge in [-0.1, -0.05) is 12.8 Å². The lowest BCUT2D eigenvalue weighted by Gasteiger charge is -2.02. The van der Waals surface area contributed by atoms with Gasteiger partial charge in [0.25, 0.3) is 0 Å². The molecule has 1 aliphatic rings. The van der Waals surface area contributed by atoms with Crippen LogP contribution in [0.4, 0.5) is 0 Å². The predicted octanol–water partition coefficient (Wildman–Crippen LogP) is 3.35. The van der Waals surface area contributed by atoms with Gasteiger partial charge in [0.1, 0.15) is 0 Å². The van der Waals surface area contributed by atoms with Crippen LogP contribution in [-0.4, -0.2) is 4.75 Å². The molecule has 0 radical (unpaired) electrons. The molecule has 0 N–H and O–H groups in total. The molecule has 1 unspecified atom stereocenters. The number of nitrogens with zero attached hydrogens (tertiary/aromatic N) is 1. The third kappa shape index (κ3) is 1.26. The predicted molar refractivity (Wildman–Crippen MR) is 47.5 cm³/mol. The summed E-state index contributed by atoms with van der Waals surface area (Å²) in [5.74, 6) is 0.917. The Morgan fingerprint density at radius 2 is 2.30 bits per heavy atom. The fourth-order valence-electron chi connectivity index (χ4n) is 1.63. The van der Waals surface area contributed by atoms with Gasteiger partial charge < -0.3 is 0 Å². The Bertz CT molecular complexity index is 189. The Morgan fingerprint density at radius 3 is 2.90 bits per heavy atom. The Morgan fingerprint density at radius 1 is 1.50 bits per heavy atom. The Labute approximate surface area is 64.4 Å². The van der Waals surface area contributed by atoms with E-state index in [1.165, 1.54) is 33.6 Å². The van der Waals surface area contributed by atoms with Gasteiger partial charge >= 0.3 is 0 Å². The first-order valence-corrected chi connectivity index (χ1v) is 6.51. The van der Waals surface area contributed by atoms with Gasteiger partial charge in [-0.3, -0.25) is 0 Å². The zero-order valence-corrected chi connectivity index (χ0v) is 7.77. The monoisotopic (exact) mass is 171 g/mol. The molecule has 1 aromatic rings. The molecule has 0 amide bonds. The topological polar surface area (TPSA) is 12.9 Å². The highest BCUT2D eigenvalue weighted by Crippen LogP contribution is 2.40. The summed E-state index contributed by atoms with van der Waals surface area (Å²) < 4.78 is 4.26. The molecule has 1 aromatic heterocycles. The highest BCUT2D eigenvalue weighted by atomic mass is 31.8. The first-order chi connectivity index (χ1) is 4.97. The van der Waals surface area contributed by atoms with Crippen LogP contribution >= 0.6 is 15.9 Å². The van der Waals surface area contributed by atoms with E-state index in [0.717, 1.165) is 13.9 Å². The summed E-state index contributed by atoms with van der Waals surface area (Å²) in [4.78, 5) is 0. The van der Waals surface area contributed by atoms with E-state index in [9.17, 15) is 0 Å². The second-order valence-electron chi connectivity index (χ2n) is 2.88. The van der Waals surface area contributed by atoms with Gasteiger partial charge in [-0.15, -0.1) is 0 Å². The van der Waals surface area contributed by atoms with E-state index >= 15 is 0 Å². The first kappa shape index (κ1) is 6.83. The summed E-state index contributed by atoms with van der Waals surface area (Å²) in [7, 11) is 2.33. The maximum atomic E-state index is 4.26. The van der Waals surface area contributed by atoms with Crippen molar-refractivity contribution in [3.8, 4) is 0 Å². The highest BCUT2D eigenvalue weighted by molar-refractivity contribution is 7.89. The summed E-state index contributed by atoms with van der Waals surface area (Å²) in [6.45, 7) is 0. The van der Waals surface area contributed by atoms with Crippen molar-refractivity contribution in [3.63, 3.8) is 0 Å². The van der Waals surface area contributed by atoms with Gasteiger partial charge in [-0.2, -0.15) is 0 Å². The smallest absolute Gasteiger partial charge is 0.0394 e. The van der Waals surface area contributed by atoms with E-state index in [1.54, 1.807) is 5.30 Å². The van der Waals surface area contributed by atoms with Crippen LogP contribution in [0.25, 0.3) is 0 Å². The average molecular weight is 171 g/mol. The molecule has 0 aromatic carbocycles. The summed E-state index contributed by atoms with van der Waals surface area (Å²) in [5.41, 5.74) is 0. The Hall–Kier alpha value is 0.140. The molecule has 0 aliphatic heterocycles. The van der Waals surface area contributed by atoms with Gasteiger partial charge in [-0.05, 0) is 34.7 Å². The van der Waals surface area contributed by atoms with E-state index in [4.69, 9.17) is 0 Å². The van der Waals surface area contributed by atoms with Gasteiger partial charge in [0.05, 0.1) is 0 Å². The molecule has 1 nitrogen and oxygen atoms in total. The van der Waals surface area contributed by atoms with Gasteiger partial charge in [0.15, 0.2) is 0 Å². The van der Waals surface area contributed by atoms with Crippen molar-refractivity contribution in [3.05, 3.63) is 11.5 Å². The SMILES string of the molecule is c1n[pH]pc1C1CCCC1. The number of hydrogen-bond donors (Lipinski definition) is 0. The van der Waals surface area contributed by atoms with Gasteiger partial charge in [0, 0.05) is 11.5 Å². The average Bonchev–Trinajstić information content (AvgIpc) is 2.59. The van der Waals surface area contributed by atoms with Gasteiger partial charge in [-0.25, -0.2) is 4.75 Å². The third-order valence-corrected chi connectivity index (χ3v) is 4.71. The minimum atomic E-state index is 0.820. The van der Waals surface area contributed by atoms with Gasteiger partial charge in [0.2, 0.25) is 0 Å². The largest absolute Gasteiger partial charge is 0.244 e.